The molecular formula is C17H17ClFN7O. The molecule has 0 aliphatic carbocycles. The van der Waals surface area contributed by atoms with Crippen LogP contribution in [0.3, 0.4) is 0 Å². The number of carbonyl (C=O) groups excluding carboxylic acids is 1. The summed E-state index contributed by atoms with van der Waals surface area (Å²) in [6.07, 6.45) is 4.95. The molecule has 1 atom stereocenters. The molecule has 0 bridgehead atoms. The van der Waals surface area contributed by atoms with Crippen molar-refractivity contribution in [2.24, 2.45) is 7.05 Å². The molecule has 1 aliphatic heterocycles. The van der Waals surface area contributed by atoms with E-state index in [1.54, 1.807) is 17.2 Å². The molecule has 27 heavy (non-hydrogen) atoms. The van der Waals surface area contributed by atoms with Gasteiger partial charge in [-0.05, 0) is 12.1 Å². The highest BCUT2D eigenvalue weighted by Crippen LogP contribution is 2.24. The summed E-state index contributed by atoms with van der Waals surface area (Å²) in [5.74, 6) is -0.113. The van der Waals surface area contributed by atoms with Crippen molar-refractivity contribution in [3.05, 3.63) is 59.1 Å². The zero-order valence-electron chi connectivity index (χ0n) is 14.5. The summed E-state index contributed by atoms with van der Waals surface area (Å²) in [4.78, 5) is 19.1. The molecule has 1 unspecified atom stereocenters. The van der Waals surface area contributed by atoms with E-state index in [4.69, 9.17) is 11.6 Å². The Labute approximate surface area is 159 Å². The smallest absolute Gasteiger partial charge is 0.276 e. The maximum Gasteiger partial charge on any atom is 0.276 e. The second kappa shape index (κ2) is 7.09. The molecule has 1 saturated heterocycles. The average Bonchev–Trinajstić information content (AvgIpc) is 3.33. The number of nitrogens with one attached hydrogen (secondary N) is 1. The molecule has 2 aromatic heterocycles. The minimum Gasteiger partial charge on any atom is -0.336 e. The lowest BCUT2D eigenvalue weighted by Gasteiger charge is -2.35. The second-order valence-corrected chi connectivity index (χ2v) is 6.64. The quantitative estimate of drug-likeness (QED) is 0.735. The molecular weight excluding hydrogens is 373 g/mol. The summed E-state index contributed by atoms with van der Waals surface area (Å²) in [5.41, 5.74) is 0.269. The molecule has 10 heteroatoms. The molecule has 4 rings (SSSR count). The lowest BCUT2D eigenvalue weighted by molar-refractivity contribution is 0.0614. The van der Waals surface area contributed by atoms with Crippen molar-refractivity contribution >= 4 is 17.5 Å². The number of piperazine rings is 1. The standard InChI is InChI=1S/C17H17ClFN7O/c1-24-7-6-21-16(24)14-9-20-5-8-25(14)17(27)12-10-26(23-22-12)13-4-2-3-11(18)15(13)19/h2-4,6-7,10,14,20H,5,8-9H2,1H3. The minimum atomic E-state index is -0.615. The Morgan fingerprint density at radius 3 is 3.04 bits per heavy atom. The molecule has 3 aromatic rings. The Bertz CT molecular complexity index is 985. The van der Waals surface area contributed by atoms with Gasteiger partial charge < -0.3 is 14.8 Å². The van der Waals surface area contributed by atoms with Crippen LogP contribution < -0.4 is 5.32 Å². The molecule has 1 aliphatic rings. The molecule has 1 N–H and O–H groups in total. The van der Waals surface area contributed by atoms with Gasteiger partial charge in [0, 0.05) is 39.1 Å². The summed E-state index contributed by atoms with van der Waals surface area (Å²) >= 11 is 5.82. The van der Waals surface area contributed by atoms with Crippen LogP contribution >= 0.6 is 11.6 Å². The third-order valence-electron chi connectivity index (χ3n) is 4.55. The second-order valence-electron chi connectivity index (χ2n) is 6.24. The molecule has 8 nitrogen and oxygen atoms in total. The number of halogens is 2. The first-order chi connectivity index (χ1) is 13.1. The van der Waals surface area contributed by atoms with Crippen LogP contribution in [-0.2, 0) is 7.05 Å². The zero-order chi connectivity index (χ0) is 19.0. The number of rotatable bonds is 3. The van der Waals surface area contributed by atoms with E-state index in [1.807, 2.05) is 17.8 Å². The highest BCUT2D eigenvalue weighted by molar-refractivity contribution is 6.30. The van der Waals surface area contributed by atoms with Gasteiger partial charge in [0.15, 0.2) is 11.5 Å². The largest absolute Gasteiger partial charge is 0.336 e. The normalized spacial score (nSPS) is 17.3. The van der Waals surface area contributed by atoms with Gasteiger partial charge in [0.25, 0.3) is 5.91 Å². The fraction of sp³-hybridized carbons (Fsp3) is 0.294. The maximum atomic E-state index is 14.2. The first-order valence-electron chi connectivity index (χ1n) is 8.42. The average molecular weight is 390 g/mol. The molecule has 3 heterocycles. The van der Waals surface area contributed by atoms with Gasteiger partial charge in [-0.1, -0.05) is 22.9 Å². The molecule has 1 fully saturated rings. The van der Waals surface area contributed by atoms with Gasteiger partial charge in [-0.3, -0.25) is 4.79 Å². The lowest BCUT2D eigenvalue weighted by Crippen LogP contribution is -2.49. The van der Waals surface area contributed by atoms with Crippen LogP contribution in [-0.4, -0.2) is 55.0 Å². The number of nitrogens with zero attached hydrogens (tertiary/aromatic N) is 6. The number of hydrogen-bond acceptors (Lipinski definition) is 5. The predicted molar refractivity (Wildman–Crippen MR) is 96.2 cm³/mol. The number of aryl methyl sites for hydroxylation is 1. The highest BCUT2D eigenvalue weighted by Gasteiger charge is 2.32. The zero-order valence-corrected chi connectivity index (χ0v) is 15.3. The number of imidazole rings is 1. The summed E-state index contributed by atoms with van der Waals surface area (Å²) in [6, 6.07) is 4.35. The number of benzene rings is 1. The van der Waals surface area contributed by atoms with Crippen LogP contribution in [0.2, 0.25) is 5.02 Å². The fourth-order valence-electron chi connectivity index (χ4n) is 3.17. The molecule has 0 radical (unpaired) electrons. The van der Waals surface area contributed by atoms with Crippen molar-refractivity contribution < 1.29 is 9.18 Å². The van der Waals surface area contributed by atoms with Crippen molar-refractivity contribution in [2.75, 3.05) is 19.6 Å². The van der Waals surface area contributed by atoms with E-state index in [1.165, 1.54) is 23.0 Å². The van der Waals surface area contributed by atoms with Crippen molar-refractivity contribution in [1.29, 1.82) is 0 Å². The van der Waals surface area contributed by atoms with Gasteiger partial charge in [-0.2, -0.15) is 0 Å². The van der Waals surface area contributed by atoms with Crippen LogP contribution in [0.4, 0.5) is 4.39 Å². The third kappa shape index (κ3) is 3.19. The van der Waals surface area contributed by atoms with E-state index in [-0.39, 0.29) is 28.4 Å². The Morgan fingerprint density at radius 2 is 2.26 bits per heavy atom. The first kappa shape index (κ1) is 17.6. The highest BCUT2D eigenvalue weighted by atomic mass is 35.5. The molecule has 0 saturated carbocycles. The van der Waals surface area contributed by atoms with E-state index >= 15 is 0 Å². The van der Waals surface area contributed by atoms with Crippen LogP contribution in [0.25, 0.3) is 5.69 Å². The first-order valence-corrected chi connectivity index (χ1v) is 8.79. The third-order valence-corrected chi connectivity index (χ3v) is 4.84. The molecule has 0 spiro atoms. The summed E-state index contributed by atoms with van der Waals surface area (Å²) in [6.45, 7) is 1.77. The Kier molecular flexibility index (Phi) is 4.63. The van der Waals surface area contributed by atoms with Gasteiger partial charge >= 0.3 is 0 Å². The number of amides is 1. The van der Waals surface area contributed by atoms with Crippen molar-refractivity contribution in [3.63, 3.8) is 0 Å². The molecule has 1 amide bonds. The summed E-state index contributed by atoms with van der Waals surface area (Å²) < 4.78 is 17.3. The summed E-state index contributed by atoms with van der Waals surface area (Å²) in [7, 11) is 1.89. The summed E-state index contributed by atoms with van der Waals surface area (Å²) in [5, 5.41) is 11.1. The van der Waals surface area contributed by atoms with Crippen LogP contribution in [0, 0.1) is 5.82 Å². The fourth-order valence-corrected chi connectivity index (χ4v) is 3.34. The van der Waals surface area contributed by atoms with Crippen molar-refractivity contribution in [1.82, 2.24) is 34.8 Å². The molecule has 1 aromatic carbocycles. The Balaban J connectivity index is 1.63. The van der Waals surface area contributed by atoms with Crippen LogP contribution in [0.1, 0.15) is 22.4 Å². The van der Waals surface area contributed by atoms with Gasteiger partial charge in [-0.25, -0.2) is 14.1 Å². The lowest BCUT2D eigenvalue weighted by atomic mass is 10.1. The van der Waals surface area contributed by atoms with E-state index in [9.17, 15) is 9.18 Å². The minimum absolute atomic E-state index is 0.0205. The van der Waals surface area contributed by atoms with E-state index in [0.29, 0.717) is 19.6 Å². The van der Waals surface area contributed by atoms with Gasteiger partial charge in [0.05, 0.1) is 11.2 Å². The number of carbonyl (C=O) groups is 1. The topological polar surface area (TPSA) is 80.9 Å². The van der Waals surface area contributed by atoms with Crippen molar-refractivity contribution in [3.8, 4) is 5.69 Å². The van der Waals surface area contributed by atoms with Gasteiger partial charge in [-0.15, -0.1) is 5.10 Å². The van der Waals surface area contributed by atoms with Crippen LogP contribution in [0.5, 0.6) is 0 Å². The van der Waals surface area contributed by atoms with E-state index < -0.39 is 5.82 Å². The van der Waals surface area contributed by atoms with Crippen LogP contribution in [0.15, 0.2) is 36.8 Å². The Hall–Kier alpha value is -2.78. The monoisotopic (exact) mass is 389 g/mol. The maximum absolute atomic E-state index is 14.2. The van der Waals surface area contributed by atoms with E-state index in [2.05, 4.69) is 20.6 Å². The van der Waals surface area contributed by atoms with Gasteiger partial charge in [0.1, 0.15) is 17.6 Å². The predicted octanol–water partition coefficient (Wildman–Crippen LogP) is 1.58. The van der Waals surface area contributed by atoms with E-state index in [0.717, 1.165) is 5.82 Å². The van der Waals surface area contributed by atoms with Crippen molar-refractivity contribution in [2.45, 2.75) is 6.04 Å². The Morgan fingerprint density at radius 1 is 1.41 bits per heavy atom. The number of hydrogen-bond donors (Lipinski definition) is 1. The van der Waals surface area contributed by atoms with Gasteiger partial charge in [0.2, 0.25) is 0 Å². The SMILES string of the molecule is Cn1ccnc1C1CNCCN1C(=O)c1cn(-c2cccc(Cl)c2F)nn1. The molecule has 140 valence electrons. The number of aromatic nitrogens is 5.